The number of rotatable bonds is 5. The van der Waals surface area contributed by atoms with Gasteiger partial charge in [-0.05, 0) is 42.7 Å². The molecule has 0 saturated carbocycles. The topological polar surface area (TPSA) is 64.0 Å². The van der Waals surface area contributed by atoms with Crippen molar-refractivity contribution in [2.75, 3.05) is 11.6 Å². The minimum atomic E-state index is -0.337. The number of halogens is 1. The maximum Gasteiger partial charge on any atom is 0.267 e. The van der Waals surface area contributed by atoms with Crippen molar-refractivity contribution in [3.05, 3.63) is 76.0 Å². The summed E-state index contributed by atoms with van der Waals surface area (Å²) in [7, 11) is 0. The number of anilines is 1. The number of nitrogens with zero attached hydrogens (tertiary/aromatic N) is 2. The van der Waals surface area contributed by atoms with E-state index in [0.29, 0.717) is 16.4 Å². The van der Waals surface area contributed by atoms with Crippen molar-refractivity contribution in [1.29, 1.82) is 0 Å². The quantitative estimate of drug-likeness (QED) is 0.676. The van der Waals surface area contributed by atoms with E-state index in [1.165, 1.54) is 6.07 Å². The molecule has 7 heteroatoms. The summed E-state index contributed by atoms with van der Waals surface area (Å²) in [6, 6.07) is 17.7. The zero-order valence-corrected chi connectivity index (χ0v) is 15.6. The zero-order chi connectivity index (χ0) is 18.5. The summed E-state index contributed by atoms with van der Waals surface area (Å²) in [6.45, 7) is -0.163. The van der Waals surface area contributed by atoms with Gasteiger partial charge in [-0.1, -0.05) is 29.8 Å². The Bertz CT molecular complexity index is 987. The van der Waals surface area contributed by atoms with Gasteiger partial charge in [0.15, 0.2) is 0 Å². The summed E-state index contributed by atoms with van der Waals surface area (Å²) in [5, 5.41) is 7.69. The lowest BCUT2D eigenvalue weighted by Gasteiger charge is -2.09. The highest BCUT2D eigenvalue weighted by Gasteiger charge is 2.09. The molecular weight excluding hydrogens is 370 g/mol. The van der Waals surface area contributed by atoms with Crippen LogP contribution in [0.2, 0.25) is 5.02 Å². The lowest BCUT2D eigenvalue weighted by molar-refractivity contribution is -0.117. The predicted octanol–water partition coefficient (Wildman–Crippen LogP) is 3.92. The van der Waals surface area contributed by atoms with Crippen molar-refractivity contribution in [2.24, 2.45) is 0 Å². The second kappa shape index (κ2) is 8.21. The van der Waals surface area contributed by atoms with Crippen LogP contribution in [0.25, 0.3) is 11.3 Å². The smallest absolute Gasteiger partial charge is 0.267 e. The summed E-state index contributed by atoms with van der Waals surface area (Å²) < 4.78 is 1.15. The van der Waals surface area contributed by atoms with Gasteiger partial charge in [0, 0.05) is 27.2 Å². The van der Waals surface area contributed by atoms with E-state index in [4.69, 9.17) is 11.6 Å². The summed E-state index contributed by atoms with van der Waals surface area (Å²) in [6.07, 6.45) is 1.96. The number of carbonyl (C=O) groups is 1. The Kier molecular flexibility index (Phi) is 5.75. The fourth-order valence-corrected chi connectivity index (χ4v) is 2.96. The third-order valence-electron chi connectivity index (χ3n) is 3.65. The number of aromatic nitrogens is 2. The number of amides is 1. The molecule has 0 atom stereocenters. The molecule has 5 nitrogen and oxygen atoms in total. The molecule has 0 aliphatic carbocycles. The van der Waals surface area contributed by atoms with Crippen LogP contribution in [-0.4, -0.2) is 21.9 Å². The summed E-state index contributed by atoms with van der Waals surface area (Å²) in [4.78, 5) is 25.4. The lowest BCUT2D eigenvalue weighted by Crippen LogP contribution is -2.29. The van der Waals surface area contributed by atoms with E-state index >= 15 is 0 Å². The Morgan fingerprint density at radius 3 is 2.65 bits per heavy atom. The van der Waals surface area contributed by atoms with Gasteiger partial charge in [-0.3, -0.25) is 9.59 Å². The van der Waals surface area contributed by atoms with Crippen LogP contribution >= 0.6 is 23.4 Å². The van der Waals surface area contributed by atoms with Gasteiger partial charge >= 0.3 is 0 Å². The lowest BCUT2D eigenvalue weighted by atomic mass is 10.1. The van der Waals surface area contributed by atoms with Gasteiger partial charge in [-0.15, -0.1) is 11.8 Å². The van der Waals surface area contributed by atoms with Crippen LogP contribution in [0, 0.1) is 0 Å². The largest absolute Gasteiger partial charge is 0.324 e. The average molecular weight is 386 g/mol. The number of carbonyl (C=O) groups excluding carboxylic acids is 1. The van der Waals surface area contributed by atoms with Crippen molar-refractivity contribution in [3.8, 4) is 11.3 Å². The molecule has 3 aromatic rings. The van der Waals surface area contributed by atoms with Crippen LogP contribution in [0.3, 0.4) is 0 Å². The molecule has 0 aliphatic heterocycles. The van der Waals surface area contributed by atoms with Crippen LogP contribution in [0.1, 0.15) is 0 Å². The first kappa shape index (κ1) is 18.2. The zero-order valence-electron chi connectivity index (χ0n) is 14.0. The predicted molar refractivity (Wildman–Crippen MR) is 106 cm³/mol. The first-order chi connectivity index (χ1) is 12.5. The molecule has 1 aromatic heterocycles. The first-order valence-electron chi connectivity index (χ1n) is 7.83. The molecule has 2 aromatic carbocycles. The first-order valence-corrected chi connectivity index (χ1v) is 9.43. The van der Waals surface area contributed by atoms with Crippen LogP contribution in [0.15, 0.2) is 70.4 Å². The van der Waals surface area contributed by atoms with Crippen LogP contribution in [0.5, 0.6) is 0 Å². The van der Waals surface area contributed by atoms with E-state index in [1.807, 2.05) is 36.6 Å². The molecule has 3 rings (SSSR count). The van der Waals surface area contributed by atoms with Gasteiger partial charge in [0.05, 0.1) is 5.69 Å². The van der Waals surface area contributed by atoms with Crippen molar-refractivity contribution in [2.45, 2.75) is 11.4 Å². The molecule has 26 heavy (non-hydrogen) atoms. The van der Waals surface area contributed by atoms with E-state index in [9.17, 15) is 9.59 Å². The van der Waals surface area contributed by atoms with E-state index in [-0.39, 0.29) is 18.0 Å². The molecule has 0 bridgehead atoms. The number of hydrogen-bond donors (Lipinski definition) is 1. The van der Waals surface area contributed by atoms with Gasteiger partial charge in [0.2, 0.25) is 5.91 Å². The minimum absolute atomic E-state index is 0.163. The number of hydrogen-bond acceptors (Lipinski definition) is 4. The third-order valence-corrected chi connectivity index (χ3v) is 4.63. The molecule has 1 heterocycles. The molecule has 0 saturated heterocycles. The second-order valence-electron chi connectivity index (χ2n) is 5.50. The summed E-state index contributed by atoms with van der Waals surface area (Å²) in [5.74, 6) is -0.314. The number of nitrogens with one attached hydrogen (secondary N) is 1. The normalized spacial score (nSPS) is 10.5. The second-order valence-corrected chi connectivity index (χ2v) is 6.82. The van der Waals surface area contributed by atoms with Crippen LogP contribution in [0.4, 0.5) is 5.69 Å². The highest BCUT2D eigenvalue weighted by Crippen LogP contribution is 2.19. The Morgan fingerprint density at radius 1 is 1.15 bits per heavy atom. The van der Waals surface area contributed by atoms with E-state index in [0.717, 1.165) is 15.1 Å². The minimum Gasteiger partial charge on any atom is -0.324 e. The van der Waals surface area contributed by atoms with Gasteiger partial charge < -0.3 is 5.32 Å². The monoisotopic (exact) mass is 385 g/mol. The third kappa shape index (κ3) is 4.53. The Morgan fingerprint density at radius 2 is 1.92 bits per heavy atom. The highest BCUT2D eigenvalue weighted by molar-refractivity contribution is 7.98. The van der Waals surface area contributed by atoms with Crippen molar-refractivity contribution in [1.82, 2.24) is 9.78 Å². The molecule has 0 unspecified atom stereocenters. The fraction of sp³-hybridized carbons (Fsp3) is 0.105. The van der Waals surface area contributed by atoms with Crippen LogP contribution in [-0.2, 0) is 11.3 Å². The van der Waals surface area contributed by atoms with E-state index in [1.54, 1.807) is 36.0 Å². The molecule has 1 N–H and O–H groups in total. The average Bonchev–Trinajstić information content (AvgIpc) is 2.64. The number of thioether (sulfide) groups is 1. The van der Waals surface area contributed by atoms with Gasteiger partial charge in [0.25, 0.3) is 5.56 Å². The Labute approximate surface area is 160 Å². The van der Waals surface area contributed by atoms with Gasteiger partial charge in [-0.25, -0.2) is 4.68 Å². The SMILES string of the molecule is CSc1cccc(NC(=O)Cn2nc(-c3ccc(Cl)cc3)ccc2=O)c1. The highest BCUT2D eigenvalue weighted by atomic mass is 35.5. The fourth-order valence-electron chi connectivity index (χ4n) is 2.37. The summed E-state index contributed by atoms with van der Waals surface area (Å²) in [5.41, 5.74) is 1.76. The molecule has 0 aliphatic rings. The van der Waals surface area contributed by atoms with E-state index in [2.05, 4.69) is 10.4 Å². The van der Waals surface area contributed by atoms with Gasteiger partial charge in [-0.2, -0.15) is 5.10 Å². The van der Waals surface area contributed by atoms with Crippen LogP contribution < -0.4 is 10.9 Å². The molecular formula is C19H16ClN3O2S. The summed E-state index contributed by atoms with van der Waals surface area (Å²) >= 11 is 7.48. The number of benzene rings is 2. The van der Waals surface area contributed by atoms with Crippen molar-refractivity contribution >= 4 is 35.0 Å². The molecule has 132 valence electrons. The standard InChI is InChI=1S/C19H16ClN3O2S/c1-26-16-4-2-3-15(11-16)21-18(24)12-23-19(25)10-9-17(22-23)13-5-7-14(20)8-6-13/h2-11H,12H2,1H3,(H,21,24). The van der Waals surface area contributed by atoms with Gasteiger partial charge in [0.1, 0.15) is 6.54 Å². The molecule has 0 radical (unpaired) electrons. The molecule has 0 spiro atoms. The molecule has 0 fully saturated rings. The van der Waals surface area contributed by atoms with E-state index < -0.39 is 0 Å². The Balaban J connectivity index is 1.78. The maximum atomic E-state index is 12.3. The van der Waals surface area contributed by atoms with Crippen molar-refractivity contribution < 1.29 is 4.79 Å². The molecule has 1 amide bonds. The Hall–Kier alpha value is -2.57. The maximum absolute atomic E-state index is 12.3. The van der Waals surface area contributed by atoms with Crippen molar-refractivity contribution in [3.63, 3.8) is 0 Å².